The maximum absolute atomic E-state index is 5.33. The summed E-state index contributed by atoms with van der Waals surface area (Å²) in [5.74, 6) is 0.846. The molecule has 0 aliphatic carbocycles. The molecule has 36 heavy (non-hydrogen) atoms. The zero-order valence-corrected chi connectivity index (χ0v) is 21.1. The Labute approximate surface area is 210 Å². The number of rotatable bonds is 6. The maximum Gasteiger partial charge on any atom is 0.122 e. The Kier molecular flexibility index (Phi) is 5.57. The molecule has 1 aliphatic rings. The lowest BCUT2D eigenvalue weighted by Crippen LogP contribution is -2.43. The molecule has 7 nitrogen and oxygen atoms in total. The van der Waals surface area contributed by atoms with E-state index in [1.807, 2.05) is 23.0 Å². The van der Waals surface area contributed by atoms with E-state index in [0.717, 1.165) is 58.0 Å². The normalized spacial score (nSPS) is 13.8. The molecule has 1 saturated heterocycles. The molecule has 0 amide bonds. The van der Waals surface area contributed by atoms with E-state index in [9.17, 15) is 0 Å². The minimum Gasteiger partial charge on any atom is -0.497 e. The Balaban J connectivity index is 1.51. The van der Waals surface area contributed by atoms with Crippen LogP contribution in [0.15, 0.2) is 60.9 Å². The number of hydrogen-bond acceptors (Lipinski definition) is 5. The van der Waals surface area contributed by atoms with Crippen LogP contribution in [0.1, 0.15) is 28.3 Å². The first-order chi connectivity index (χ1) is 17.5. The van der Waals surface area contributed by atoms with E-state index in [4.69, 9.17) is 14.8 Å². The molecule has 1 aliphatic heterocycles. The minimum absolute atomic E-state index is 0.395. The summed E-state index contributed by atoms with van der Waals surface area (Å²) in [5, 5.41) is 13.0. The van der Waals surface area contributed by atoms with Crippen LogP contribution in [0.4, 0.5) is 0 Å². The van der Waals surface area contributed by atoms with Crippen molar-refractivity contribution in [2.24, 2.45) is 0 Å². The molecule has 1 fully saturated rings. The number of ether oxygens (including phenoxy) is 1. The molecule has 6 rings (SSSR count). The predicted molar refractivity (Wildman–Crippen MR) is 142 cm³/mol. The summed E-state index contributed by atoms with van der Waals surface area (Å²) in [5.41, 5.74) is 10.7. The first-order valence-electron chi connectivity index (χ1n) is 12.3. The summed E-state index contributed by atoms with van der Waals surface area (Å²) in [4.78, 5) is 5.25. The van der Waals surface area contributed by atoms with Gasteiger partial charge in [0, 0.05) is 30.4 Å². The fourth-order valence-electron chi connectivity index (χ4n) is 4.81. The van der Waals surface area contributed by atoms with Gasteiger partial charge in [0.05, 0.1) is 37.1 Å². The van der Waals surface area contributed by atoms with Gasteiger partial charge in [-0.1, -0.05) is 30.3 Å². The van der Waals surface area contributed by atoms with Crippen molar-refractivity contribution in [2.45, 2.75) is 33.4 Å². The molecule has 0 spiro atoms. The average Bonchev–Trinajstić information content (AvgIpc) is 3.45. The SMILES string of the molecule is COc1ccc(Cn2nc(-c3cnn(C4CNC4)c3)c3nc(-c4cccc(C)c4C)c(C)cc32)cc1. The van der Waals surface area contributed by atoms with Crippen LogP contribution in [0.25, 0.3) is 33.5 Å². The summed E-state index contributed by atoms with van der Waals surface area (Å²) in [7, 11) is 1.68. The molecule has 0 atom stereocenters. The fourth-order valence-corrected chi connectivity index (χ4v) is 4.81. The summed E-state index contributed by atoms with van der Waals surface area (Å²) < 4.78 is 9.43. The van der Waals surface area contributed by atoms with E-state index in [-0.39, 0.29) is 0 Å². The van der Waals surface area contributed by atoms with Crippen LogP contribution in [0.5, 0.6) is 5.75 Å². The van der Waals surface area contributed by atoms with Crippen LogP contribution in [0.2, 0.25) is 0 Å². The first-order valence-corrected chi connectivity index (χ1v) is 12.3. The van der Waals surface area contributed by atoms with Crippen molar-refractivity contribution in [3.8, 4) is 28.3 Å². The second-order valence-corrected chi connectivity index (χ2v) is 9.64. The largest absolute Gasteiger partial charge is 0.497 e. The van der Waals surface area contributed by atoms with Crippen molar-refractivity contribution in [1.29, 1.82) is 0 Å². The Morgan fingerprint density at radius 1 is 1.00 bits per heavy atom. The van der Waals surface area contributed by atoms with Crippen molar-refractivity contribution in [2.75, 3.05) is 20.2 Å². The Bertz CT molecular complexity index is 1560. The van der Waals surface area contributed by atoms with Gasteiger partial charge in [0.25, 0.3) is 0 Å². The van der Waals surface area contributed by atoms with Gasteiger partial charge in [-0.15, -0.1) is 0 Å². The second-order valence-electron chi connectivity index (χ2n) is 9.64. The van der Waals surface area contributed by atoms with Crippen LogP contribution >= 0.6 is 0 Å². The van der Waals surface area contributed by atoms with Crippen LogP contribution in [-0.4, -0.2) is 44.7 Å². The second kappa shape index (κ2) is 8.91. The Morgan fingerprint density at radius 2 is 1.81 bits per heavy atom. The Morgan fingerprint density at radius 3 is 2.53 bits per heavy atom. The lowest BCUT2D eigenvalue weighted by atomic mass is 9.97. The highest BCUT2D eigenvalue weighted by Crippen LogP contribution is 2.34. The standard InChI is InChI=1S/C29H30N6O/c1-18-6-5-7-25(20(18)3)27-19(2)12-26-29(32-27)28(22-13-31-34(17-22)23-14-30-15-23)33-35(26)16-21-8-10-24(36-4)11-9-21/h5-13,17,23,30H,14-16H2,1-4H3. The van der Waals surface area contributed by atoms with E-state index < -0.39 is 0 Å². The molecular weight excluding hydrogens is 448 g/mol. The number of methoxy groups -OCH3 is 1. The van der Waals surface area contributed by atoms with Crippen molar-refractivity contribution in [3.05, 3.63) is 83.2 Å². The number of nitrogens with one attached hydrogen (secondary N) is 1. The third-order valence-electron chi connectivity index (χ3n) is 7.28. The molecule has 182 valence electrons. The predicted octanol–water partition coefficient (Wildman–Crippen LogP) is 5.09. The molecule has 0 radical (unpaired) electrons. The zero-order valence-electron chi connectivity index (χ0n) is 21.1. The molecule has 3 aromatic heterocycles. The highest BCUT2D eigenvalue weighted by molar-refractivity contribution is 5.92. The van der Waals surface area contributed by atoms with Gasteiger partial charge in [-0.3, -0.25) is 9.36 Å². The molecule has 4 heterocycles. The number of pyridine rings is 1. The molecule has 2 aromatic carbocycles. The quantitative estimate of drug-likeness (QED) is 0.368. The van der Waals surface area contributed by atoms with Crippen molar-refractivity contribution in [1.82, 2.24) is 29.9 Å². The van der Waals surface area contributed by atoms with Crippen molar-refractivity contribution >= 4 is 11.0 Å². The number of aryl methyl sites for hydroxylation is 2. The first kappa shape index (κ1) is 22.5. The van der Waals surface area contributed by atoms with Crippen molar-refractivity contribution in [3.63, 3.8) is 0 Å². The minimum atomic E-state index is 0.395. The highest BCUT2D eigenvalue weighted by Gasteiger charge is 2.23. The molecular formula is C29H30N6O. The molecule has 0 saturated carbocycles. The van der Waals surface area contributed by atoms with Gasteiger partial charge in [-0.05, 0) is 61.2 Å². The number of hydrogen-bond donors (Lipinski definition) is 1. The van der Waals surface area contributed by atoms with Crippen LogP contribution in [0.3, 0.4) is 0 Å². The number of benzene rings is 2. The van der Waals surface area contributed by atoms with Crippen LogP contribution in [0, 0.1) is 20.8 Å². The smallest absolute Gasteiger partial charge is 0.122 e. The lowest BCUT2D eigenvalue weighted by Gasteiger charge is -2.27. The summed E-state index contributed by atoms with van der Waals surface area (Å²) >= 11 is 0. The third kappa shape index (κ3) is 3.85. The zero-order chi connectivity index (χ0) is 24.8. The van der Waals surface area contributed by atoms with E-state index in [1.54, 1.807) is 7.11 Å². The van der Waals surface area contributed by atoms with Gasteiger partial charge in [0.15, 0.2) is 0 Å². The van der Waals surface area contributed by atoms with Gasteiger partial charge in [0.2, 0.25) is 0 Å². The molecule has 7 heteroatoms. The van der Waals surface area contributed by atoms with E-state index in [2.05, 4.69) is 78.5 Å². The average molecular weight is 479 g/mol. The summed E-state index contributed by atoms with van der Waals surface area (Å²) in [6.07, 6.45) is 4.01. The lowest BCUT2D eigenvalue weighted by molar-refractivity contribution is 0.318. The topological polar surface area (TPSA) is 69.8 Å². The van der Waals surface area contributed by atoms with Crippen molar-refractivity contribution < 1.29 is 4.74 Å². The number of fused-ring (bicyclic) bond motifs is 1. The van der Waals surface area contributed by atoms with E-state index in [1.165, 1.54) is 16.7 Å². The molecule has 0 unspecified atom stereocenters. The van der Waals surface area contributed by atoms with Gasteiger partial charge >= 0.3 is 0 Å². The van der Waals surface area contributed by atoms with Gasteiger partial charge < -0.3 is 10.1 Å². The third-order valence-corrected chi connectivity index (χ3v) is 7.28. The molecule has 1 N–H and O–H groups in total. The van der Waals surface area contributed by atoms with Gasteiger partial charge in [0.1, 0.15) is 17.0 Å². The Hall–Kier alpha value is -3.97. The molecule has 0 bridgehead atoms. The number of nitrogens with zero attached hydrogens (tertiary/aromatic N) is 5. The van der Waals surface area contributed by atoms with Gasteiger partial charge in [-0.2, -0.15) is 10.2 Å². The molecule has 5 aromatic rings. The summed E-state index contributed by atoms with van der Waals surface area (Å²) in [6.45, 7) is 8.99. The van der Waals surface area contributed by atoms with E-state index in [0.29, 0.717) is 12.6 Å². The van der Waals surface area contributed by atoms with Crippen LogP contribution in [-0.2, 0) is 6.54 Å². The maximum atomic E-state index is 5.33. The van der Waals surface area contributed by atoms with Gasteiger partial charge in [-0.25, -0.2) is 4.98 Å². The fraction of sp³-hybridized carbons (Fsp3) is 0.276. The highest BCUT2D eigenvalue weighted by atomic mass is 16.5. The monoisotopic (exact) mass is 478 g/mol. The number of aromatic nitrogens is 5. The van der Waals surface area contributed by atoms with E-state index >= 15 is 0 Å². The van der Waals surface area contributed by atoms with Crippen LogP contribution < -0.4 is 10.1 Å². The summed E-state index contributed by atoms with van der Waals surface area (Å²) in [6, 6.07) is 17.2.